The average molecular weight is 178 g/mol. The van der Waals surface area contributed by atoms with Gasteiger partial charge in [-0.15, -0.1) is 0 Å². The van der Waals surface area contributed by atoms with E-state index in [2.05, 4.69) is 20.1 Å². The SMILES string of the molecule is C=C(C)C(=C)CCCC1CCCC1. The lowest BCUT2D eigenvalue weighted by Gasteiger charge is -2.09. The van der Waals surface area contributed by atoms with Crippen molar-refractivity contribution in [3.8, 4) is 0 Å². The minimum atomic E-state index is 1.03. The molecule has 0 amide bonds. The van der Waals surface area contributed by atoms with Crippen LogP contribution in [0.4, 0.5) is 0 Å². The van der Waals surface area contributed by atoms with Crippen LogP contribution in [0, 0.1) is 5.92 Å². The minimum absolute atomic E-state index is 1.03. The van der Waals surface area contributed by atoms with Crippen LogP contribution in [0.5, 0.6) is 0 Å². The minimum Gasteiger partial charge on any atom is -0.0959 e. The molecule has 1 saturated carbocycles. The Morgan fingerprint density at radius 2 is 1.85 bits per heavy atom. The molecular formula is C13H22. The van der Waals surface area contributed by atoms with Gasteiger partial charge in [0.2, 0.25) is 0 Å². The Balaban J connectivity index is 2.06. The molecule has 0 unspecified atom stereocenters. The summed E-state index contributed by atoms with van der Waals surface area (Å²) in [5.41, 5.74) is 2.41. The third kappa shape index (κ3) is 3.80. The summed E-state index contributed by atoms with van der Waals surface area (Å²) in [5, 5.41) is 0. The van der Waals surface area contributed by atoms with Gasteiger partial charge in [0.15, 0.2) is 0 Å². The molecule has 0 N–H and O–H groups in total. The fourth-order valence-corrected chi connectivity index (χ4v) is 2.12. The van der Waals surface area contributed by atoms with E-state index in [1.54, 1.807) is 0 Å². The summed E-state index contributed by atoms with van der Waals surface area (Å²) < 4.78 is 0. The highest BCUT2D eigenvalue weighted by atomic mass is 14.2. The molecule has 0 heterocycles. The second kappa shape index (κ2) is 5.26. The summed E-state index contributed by atoms with van der Waals surface area (Å²) in [5.74, 6) is 1.03. The van der Waals surface area contributed by atoms with E-state index >= 15 is 0 Å². The van der Waals surface area contributed by atoms with E-state index in [0.29, 0.717) is 0 Å². The number of rotatable bonds is 5. The fourth-order valence-electron chi connectivity index (χ4n) is 2.12. The van der Waals surface area contributed by atoms with E-state index < -0.39 is 0 Å². The largest absolute Gasteiger partial charge is 0.0959 e. The third-order valence-corrected chi connectivity index (χ3v) is 3.17. The van der Waals surface area contributed by atoms with Gasteiger partial charge in [0.1, 0.15) is 0 Å². The Hall–Kier alpha value is -0.520. The van der Waals surface area contributed by atoms with E-state index in [1.807, 2.05) is 0 Å². The smallest absolute Gasteiger partial charge is 0.0282 e. The van der Waals surface area contributed by atoms with Gasteiger partial charge in [0, 0.05) is 0 Å². The predicted octanol–water partition coefficient (Wildman–Crippen LogP) is 4.48. The van der Waals surface area contributed by atoms with Crippen molar-refractivity contribution in [1.82, 2.24) is 0 Å². The molecule has 0 aromatic heterocycles. The van der Waals surface area contributed by atoms with Crippen LogP contribution in [-0.4, -0.2) is 0 Å². The summed E-state index contributed by atoms with van der Waals surface area (Å²) in [6.45, 7) is 9.98. The molecule has 0 saturated heterocycles. The van der Waals surface area contributed by atoms with Crippen LogP contribution in [0.1, 0.15) is 51.9 Å². The van der Waals surface area contributed by atoms with Gasteiger partial charge in [-0.3, -0.25) is 0 Å². The molecule has 74 valence electrons. The van der Waals surface area contributed by atoms with Gasteiger partial charge in [0.05, 0.1) is 0 Å². The van der Waals surface area contributed by atoms with Gasteiger partial charge in [0.25, 0.3) is 0 Å². The Kier molecular flexibility index (Phi) is 4.27. The summed E-state index contributed by atoms with van der Waals surface area (Å²) in [7, 11) is 0. The highest BCUT2D eigenvalue weighted by Gasteiger charge is 2.13. The first-order valence-corrected chi connectivity index (χ1v) is 5.54. The van der Waals surface area contributed by atoms with Crippen LogP contribution in [0.25, 0.3) is 0 Å². The standard InChI is InChI=1S/C13H22/c1-11(2)12(3)7-6-10-13-8-4-5-9-13/h13H,1,3-10H2,2H3. The lowest BCUT2D eigenvalue weighted by atomic mass is 9.97. The van der Waals surface area contributed by atoms with Gasteiger partial charge in [-0.2, -0.15) is 0 Å². The van der Waals surface area contributed by atoms with Crippen LogP contribution in [0.3, 0.4) is 0 Å². The first-order valence-electron chi connectivity index (χ1n) is 5.54. The number of hydrogen-bond acceptors (Lipinski definition) is 0. The maximum Gasteiger partial charge on any atom is -0.0282 e. The molecule has 1 rings (SSSR count). The van der Waals surface area contributed by atoms with Crippen molar-refractivity contribution < 1.29 is 0 Å². The molecule has 0 bridgehead atoms. The normalized spacial score (nSPS) is 17.6. The Morgan fingerprint density at radius 3 is 2.38 bits per heavy atom. The second-order valence-corrected chi connectivity index (χ2v) is 4.43. The maximum atomic E-state index is 4.02. The van der Waals surface area contributed by atoms with Crippen molar-refractivity contribution >= 4 is 0 Å². The summed E-state index contributed by atoms with van der Waals surface area (Å²) in [6.07, 6.45) is 9.76. The Bertz CT molecular complexity index is 182. The molecule has 13 heavy (non-hydrogen) atoms. The van der Waals surface area contributed by atoms with Gasteiger partial charge in [-0.25, -0.2) is 0 Å². The lowest BCUT2D eigenvalue weighted by Crippen LogP contribution is -1.93. The monoisotopic (exact) mass is 178 g/mol. The second-order valence-electron chi connectivity index (χ2n) is 4.43. The molecule has 0 aromatic rings. The van der Waals surface area contributed by atoms with E-state index in [4.69, 9.17) is 0 Å². The molecule has 1 fully saturated rings. The molecule has 0 aromatic carbocycles. The molecule has 0 heteroatoms. The molecule has 0 spiro atoms. The zero-order chi connectivity index (χ0) is 9.68. The highest BCUT2D eigenvalue weighted by molar-refractivity contribution is 5.22. The summed E-state index contributed by atoms with van der Waals surface area (Å²) in [6, 6.07) is 0. The molecule has 1 aliphatic carbocycles. The van der Waals surface area contributed by atoms with E-state index in [-0.39, 0.29) is 0 Å². The van der Waals surface area contributed by atoms with Gasteiger partial charge < -0.3 is 0 Å². The van der Waals surface area contributed by atoms with Gasteiger partial charge in [-0.05, 0) is 25.7 Å². The Labute approximate surface area is 82.7 Å². The summed E-state index contributed by atoms with van der Waals surface area (Å²) in [4.78, 5) is 0. The molecule has 1 aliphatic rings. The van der Waals surface area contributed by atoms with Crippen molar-refractivity contribution in [1.29, 1.82) is 0 Å². The van der Waals surface area contributed by atoms with Crippen LogP contribution >= 0.6 is 0 Å². The molecular weight excluding hydrogens is 156 g/mol. The first kappa shape index (κ1) is 10.6. The average Bonchev–Trinajstić information content (AvgIpc) is 2.56. The van der Waals surface area contributed by atoms with Crippen molar-refractivity contribution in [2.75, 3.05) is 0 Å². The van der Waals surface area contributed by atoms with Crippen molar-refractivity contribution in [3.63, 3.8) is 0 Å². The first-order chi connectivity index (χ1) is 6.20. The number of hydrogen-bond donors (Lipinski definition) is 0. The van der Waals surface area contributed by atoms with Crippen LogP contribution in [0.2, 0.25) is 0 Å². The fraction of sp³-hybridized carbons (Fsp3) is 0.692. The number of allylic oxidation sites excluding steroid dienone is 2. The molecule has 0 atom stereocenters. The third-order valence-electron chi connectivity index (χ3n) is 3.17. The zero-order valence-corrected chi connectivity index (χ0v) is 8.94. The molecule has 0 radical (unpaired) electrons. The molecule has 0 aliphatic heterocycles. The summed E-state index contributed by atoms with van der Waals surface area (Å²) >= 11 is 0. The van der Waals surface area contributed by atoms with Crippen LogP contribution < -0.4 is 0 Å². The topological polar surface area (TPSA) is 0 Å². The van der Waals surface area contributed by atoms with E-state index in [1.165, 1.54) is 44.1 Å². The quantitative estimate of drug-likeness (QED) is 0.544. The predicted molar refractivity (Wildman–Crippen MR) is 59.8 cm³/mol. The van der Waals surface area contributed by atoms with Gasteiger partial charge >= 0.3 is 0 Å². The molecule has 0 nitrogen and oxygen atoms in total. The lowest BCUT2D eigenvalue weighted by molar-refractivity contribution is 0.484. The van der Waals surface area contributed by atoms with Crippen LogP contribution in [-0.2, 0) is 0 Å². The maximum absolute atomic E-state index is 4.02. The van der Waals surface area contributed by atoms with Crippen LogP contribution in [0.15, 0.2) is 24.3 Å². The zero-order valence-electron chi connectivity index (χ0n) is 8.94. The van der Waals surface area contributed by atoms with Crippen molar-refractivity contribution in [2.45, 2.75) is 51.9 Å². The highest BCUT2D eigenvalue weighted by Crippen LogP contribution is 2.29. The van der Waals surface area contributed by atoms with Crippen molar-refractivity contribution in [3.05, 3.63) is 24.3 Å². The Morgan fingerprint density at radius 1 is 1.23 bits per heavy atom. The van der Waals surface area contributed by atoms with Crippen molar-refractivity contribution in [2.24, 2.45) is 5.92 Å². The van der Waals surface area contributed by atoms with Gasteiger partial charge in [-0.1, -0.05) is 56.4 Å². The van der Waals surface area contributed by atoms with E-state index in [0.717, 1.165) is 17.9 Å². The van der Waals surface area contributed by atoms with E-state index in [9.17, 15) is 0 Å².